The monoisotopic (exact) mass is 2110 g/mol. The molecule has 8 amide bonds. The molecule has 4 aliphatic heterocycles. The fraction of sp³-hybridized carbons (Fsp3) is 0.753. The minimum absolute atomic E-state index is 0. The number of carbonyl (C=O) groups is 20. The molecular formula is C81H128GdN24O32-9. The van der Waals surface area contributed by atoms with Crippen molar-refractivity contribution < 1.29 is 197 Å². The number of nitrogens with zero attached hydrogens (tertiary/aromatic N) is 16. The summed E-state index contributed by atoms with van der Waals surface area (Å²) >= 11 is 0. The Kier molecular flexibility index (Phi) is 57.7. The predicted octanol–water partition coefficient (Wildman–Crippen LogP) is -29.7. The molecule has 0 aromatic heterocycles. The van der Waals surface area contributed by atoms with Crippen molar-refractivity contribution in [3.05, 3.63) is 0 Å². The molecule has 4 rings (SSSR count). The molecule has 0 saturated carbocycles. The van der Waals surface area contributed by atoms with Crippen LogP contribution in [0.15, 0.2) is 0 Å². The number of nitrogens with one attached hydrogen (secondary N) is 8. The first-order chi connectivity index (χ1) is 64.6. The smallest absolute Gasteiger partial charge is 0.549 e. The average Bonchev–Trinajstić information content (AvgIpc) is 0.844. The number of rotatable bonds is 48. The zero-order valence-corrected chi connectivity index (χ0v) is 80.4. The maximum atomic E-state index is 14.4. The Morgan fingerprint density at radius 1 is 0.188 bits per heavy atom. The first-order valence-electron chi connectivity index (χ1n) is 44.8. The number of hydrogen-bond acceptors (Lipinski definition) is 48. The van der Waals surface area contributed by atoms with Crippen molar-refractivity contribution in [1.29, 1.82) is 0 Å². The van der Waals surface area contributed by atoms with Crippen molar-refractivity contribution in [2.45, 2.75) is 51.9 Å². The van der Waals surface area contributed by atoms with Gasteiger partial charge in [0.05, 0.1) is 122 Å². The summed E-state index contributed by atoms with van der Waals surface area (Å²) in [5.41, 5.74) is -1.93. The van der Waals surface area contributed by atoms with E-state index >= 15 is 0 Å². The van der Waals surface area contributed by atoms with Gasteiger partial charge in [-0.3, -0.25) is 117 Å². The molecule has 57 heteroatoms. The third kappa shape index (κ3) is 52.4. The Morgan fingerprint density at radius 3 is 0.391 bits per heavy atom. The molecule has 0 bridgehead atoms. The summed E-state index contributed by atoms with van der Waals surface area (Å²) in [6, 6.07) is -4.76. The Labute approximate surface area is 829 Å². The molecule has 0 aromatic rings. The number of amides is 8. The molecule has 0 aromatic carbocycles. The largest absolute Gasteiger partial charge is 3.00 e. The van der Waals surface area contributed by atoms with E-state index in [2.05, 4.69) is 42.5 Å². The van der Waals surface area contributed by atoms with Crippen LogP contribution in [0.25, 0.3) is 0 Å². The van der Waals surface area contributed by atoms with Gasteiger partial charge in [0.15, 0.2) is 0 Å². The van der Waals surface area contributed by atoms with E-state index in [1.54, 1.807) is 19.6 Å². The van der Waals surface area contributed by atoms with Gasteiger partial charge in [-0.25, -0.2) is 0 Å². The first kappa shape index (κ1) is 122. The van der Waals surface area contributed by atoms with Gasteiger partial charge in [0.1, 0.15) is 0 Å². The fourth-order valence-electron chi connectivity index (χ4n) is 15.5. The summed E-state index contributed by atoms with van der Waals surface area (Å²) < 4.78 is 0. The topological polar surface area (TPSA) is 766 Å². The zero-order chi connectivity index (χ0) is 102. The summed E-state index contributed by atoms with van der Waals surface area (Å²) in [4.78, 5) is 281. The standard InChI is InChI=1S/C81H140N24O32.Gd/c1-57(102-29-21-94(45-69(118)119)13-5-90(41-65(110)111)6-14-95(22-30-102)46-70(120)121)77(134)82-37-61(106)86-53-81(54-87-62(107)38-83-78(135)58(2)103-31-23-96(47-71(122)123)15-7-91(42-66(112)113)8-16-97(24-32-103)48-72(124)125,55-88-63(108)39-84-79(136)59(3)104-33-25-98(49-73(126)127)17-9-92(43-67(114)115)10-18-99(26-34-104)50-74(128)129)56-89-64(109)40-85-80(137)60(4)105-35-27-100(51-75(130)131)19-11-93(44-68(116)117)12-20-101(28-36-105)52-76(132)133;/h57-60H,5-56H2,1-4H3,(H,82,134)(H,83,135)(H,84,136)(H,85,137)(H,86,106)(H,87,107)(H,88,108)(H,89,109)(H,110,111)(H,112,113)(H,114,115)(H,116,117)(H,118,119)(H,120,121)(H,122,123)(H,124,125)(H,126,127)(H,128,129)(H,130,131)(H,132,133);/q;+3/p-12. The SMILES string of the molecule is CC(C(=O)NCC(=O)NCC(CNC(=O)CNC(=O)C(C)N1CCN(CC(=O)[O-])CCN(CC(=O)[O-])CCN(CC(=O)[O-])CC1)(CNC(=O)CNC(=O)C(C)N1CCN(CC(=O)[O-])CCN(CC(=O)[O-])CCN(CC(=O)[O-])CC1)CNC(=O)CNC(=O)C(C)N1CCN(CC(=O)[O-])CCN(CC(=O)[O-])CCN(CC(=O)[O-])CC1)N1CCN(CC(=O)[O-])CCN(CC(=O)[O-])CCN(CC(=O)[O-])CC1.[Gd+3]. The molecule has 4 heterocycles. The Morgan fingerprint density at radius 2 is 0.290 bits per heavy atom. The van der Waals surface area contributed by atoms with Crippen molar-refractivity contribution in [3.8, 4) is 0 Å². The Balaban J connectivity index is 0.0000490. The van der Waals surface area contributed by atoms with Crippen LogP contribution in [0, 0.1) is 45.4 Å². The van der Waals surface area contributed by atoms with Gasteiger partial charge in [-0.2, -0.15) is 0 Å². The summed E-state index contributed by atoms with van der Waals surface area (Å²) in [6.45, 7) is -10.0. The van der Waals surface area contributed by atoms with Crippen LogP contribution < -0.4 is 104 Å². The van der Waals surface area contributed by atoms with Gasteiger partial charge in [0.2, 0.25) is 47.3 Å². The van der Waals surface area contributed by atoms with E-state index in [1.165, 1.54) is 86.5 Å². The van der Waals surface area contributed by atoms with E-state index in [4.69, 9.17) is 0 Å². The maximum absolute atomic E-state index is 14.4. The molecule has 4 atom stereocenters. The second-order valence-corrected chi connectivity index (χ2v) is 34.1. The Hall–Kier alpha value is -9.92. The van der Waals surface area contributed by atoms with Crippen LogP contribution in [0.3, 0.4) is 0 Å². The molecule has 781 valence electrons. The first-order valence-corrected chi connectivity index (χ1v) is 44.8. The molecular weight excluding hydrogens is 1980 g/mol. The number of aliphatic carboxylic acids is 12. The fourth-order valence-corrected chi connectivity index (χ4v) is 15.5. The van der Waals surface area contributed by atoms with E-state index in [0.29, 0.717) is 0 Å². The van der Waals surface area contributed by atoms with Gasteiger partial charge in [-0.15, -0.1) is 0 Å². The predicted molar refractivity (Wildman–Crippen MR) is 448 cm³/mol. The van der Waals surface area contributed by atoms with Gasteiger partial charge in [0.25, 0.3) is 0 Å². The van der Waals surface area contributed by atoms with Crippen molar-refractivity contribution in [3.63, 3.8) is 0 Å². The number of carbonyl (C=O) groups excluding carboxylic acids is 20. The number of carboxylic acids is 12. The molecule has 4 aliphatic rings. The minimum Gasteiger partial charge on any atom is -0.549 e. The normalized spacial score (nSPS) is 19.4. The van der Waals surface area contributed by atoms with Gasteiger partial charge < -0.3 is 161 Å². The number of hydrogen-bond donors (Lipinski definition) is 8. The van der Waals surface area contributed by atoms with Crippen molar-refractivity contribution in [1.82, 2.24) is 121 Å². The third-order valence-electron chi connectivity index (χ3n) is 23.8. The van der Waals surface area contributed by atoms with Crippen molar-refractivity contribution in [2.75, 3.05) is 340 Å². The van der Waals surface area contributed by atoms with Crippen LogP contribution in [0.5, 0.6) is 0 Å². The average molecular weight is 2110 g/mol. The van der Waals surface area contributed by atoms with Crippen LogP contribution in [0.1, 0.15) is 27.7 Å². The second kappa shape index (κ2) is 65.2. The molecule has 8 N–H and O–H groups in total. The summed E-state index contributed by atoms with van der Waals surface area (Å²) in [5, 5.41) is 163. The van der Waals surface area contributed by atoms with E-state index in [1.807, 2.05) is 0 Å². The van der Waals surface area contributed by atoms with Crippen LogP contribution in [-0.4, -0.2) is 562 Å². The van der Waals surface area contributed by atoms with E-state index in [-0.39, 0.29) is 249 Å². The third-order valence-corrected chi connectivity index (χ3v) is 23.8. The maximum Gasteiger partial charge on any atom is 3.00 e. The molecule has 4 unspecified atom stereocenters. The Bertz CT molecular complexity index is 3400. The second-order valence-electron chi connectivity index (χ2n) is 34.1. The molecule has 138 heavy (non-hydrogen) atoms. The van der Waals surface area contributed by atoms with Gasteiger partial charge in [0, 0.05) is 320 Å². The van der Waals surface area contributed by atoms with Gasteiger partial charge in [-0.05, 0) is 27.7 Å². The van der Waals surface area contributed by atoms with Crippen LogP contribution in [0.2, 0.25) is 0 Å². The van der Waals surface area contributed by atoms with Crippen LogP contribution in [0.4, 0.5) is 0 Å². The minimum atomic E-state index is -1.93. The van der Waals surface area contributed by atoms with Crippen molar-refractivity contribution in [2.24, 2.45) is 5.41 Å². The quantitative estimate of drug-likeness (QED) is 0.0280. The molecule has 0 spiro atoms. The van der Waals surface area contributed by atoms with E-state index in [0.717, 1.165) is 0 Å². The molecule has 4 saturated heterocycles. The number of carboxylic acid groups (broad SMARTS) is 12. The molecule has 56 nitrogen and oxygen atoms in total. The summed E-state index contributed by atoms with van der Waals surface area (Å²) in [5.74, 6) is -25.2. The molecule has 4 fully saturated rings. The summed E-state index contributed by atoms with van der Waals surface area (Å²) in [7, 11) is 0. The molecule has 0 aliphatic carbocycles. The summed E-state index contributed by atoms with van der Waals surface area (Å²) in [6.07, 6.45) is 0. The zero-order valence-electron chi connectivity index (χ0n) is 78.2. The van der Waals surface area contributed by atoms with Crippen molar-refractivity contribution >= 4 is 119 Å². The molecule has 1 radical (unpaired) electrons. The van der Waals surface area contributed by atoms with Crippen LogP contribution in [-0.2, 0) is 95.9 Å². The van der Waals surface area contributed by atoms with E-state index < -0.39 is 279 Å². The van der Waals surface area contributed by atoms with E-state index in [9.17, 15) is 157 Å². The van der Waals surface area contributed by atoms with Gasteiger partial charge >= 0.3 is 39.9 Å². The van der Waals surface area contributed by atoms with Gasteiger partial charge in [-0.1, -0.05) is 0 Å². The van der Waals surface area contributed by atoms with Crippen LogP contribution >= 0.6 is 0 Å².